The highest BCUT2D eigenvalue weighted by molar-refractivity contribution is 6.35. The number of benzene rings is 2. The van der Waals surface area contributed by atoms with Gasteiger partial charge in [0.25, 0.3) is 5.56 Å². The Labute approximate surface area is 211 Å². The molecule has 0 aliphatic carbocycles. The van der Waals surface area contributed by atoms with Crippen molar-refractivity contribution in [1.82, 2.24) is 29.5 Å². The molecule has 176 valence electrons. The second-order valence-corrected chi connectivity index (χ2v) is 8.03. The Bertz CT molecular complexity index is 1660. The number of hydrogen-bond acceptors (Lipinski definition) is 8. The Kier molecular flexibility index (Phi) is 6.51. The third-order valence-corrected chi connectivity index (χ3v) is 5.63. The third kappa shape index (κ3) is 4.71. The maximum atomic E-state index is 13.5. The van der Waals surface area contributed by atoms with Crippen molar-refractivity contribution in [2.24, 2.45) is 0 Å². The van der Waals surface area contributed by atoms with Crippen molar-refractivity contribution in [3.63, 3.8) is 0 Å². The second-order valence-electron chi connectivity index (χ2n) is 7.62. The number of halogens is 1. The van der Waals surface area contributed by atoms with Gasteiger partial charge in [0.2, 0.25) is 5.82 Å². The first kappa shape index (κ1) is 23.0. The number of anilines is 2. The molecule has 0 aliphatic heterocycles. The molecule has 3 N–H and O–H groups in total. The molecular weight excluding hydrogens is 476 g/mol. The molecule has 9 nitrogen and oxygen atoms in total. The van der Waals surface area contributed by atoms with Gasteiger partial charge in [0.05, 0.1) is 21.6 Å². The van der Waals surface area contributed by atoms with Crippen LogP contribution in [0.15, 0.2) is 78.1 Å². The first-order valence-corrected chi connectivity index (χ1v) is 11.4. The van der Waals surface area contributed by atoms with E-state index in [1.807, 2.05) is 30.3 Å². The first-order chi connectivity index (χ1) is 17.6. The molecule has 0 amide bonds. The van der Waals surface area contributed by atoms with E-state index in [0.29, 0.717) is 57.6 Å². The monoisotopic (exact) mass is 494 g/mol. The molecule has 5 rings (SSSR count). The Morgan fingerprint density at radius 2 is 1.75 bits per heavy atom. The van der Waals surface area contributed by atoms with E-state index in [-0.39, 0.29) is 11.4 Å². The number of nitrogens with zero attached hydrogens (tertiary/aromatic N) is 6. The van der Waals surface area contributed by atoms with Crippen molar-refractivity contribution in [2.75, 3.05) is 17.6 Å². The SMILES string of the molecule is Nc1ncnc(NCCc2nc3cccc(Cl)c3c(=O)n2-c2ccccc2)c1C#Cc1ncccn1. The van der Waals surface area contributed by atoms with Crippen LogP contribution < -0.4 is 16.6 Å². The number of fused-ring (bicyclic) bond motifs is 1. The van der Waals surface area contributed by atoms with Crippen LogP contribution in [0.5, 0.6) is 0 Å². The van der Waals surface area contributed by atoms with Gasteiger partial charge < -0.3 is 11.1 Å². The lowest BCUT2D eigenvalue weighted by molar-refractivity contribution is 0.809. The van der Waals surface area contributed by atoms with E-state index in [0.717, 1.165) is 0 Å². The van der Waals surface area contributed by atoms with Crippen molar-refractivity contribution >= 4 is 34.1 Å². The fourth-order valence-electron chi connectivity index (χ4n) is 3.68. The maximum Gasteiger partial charge on any atom is 0.267 e. The van der Waals surface area contributed by atoms with Gasteiger partial charge in [-0.1, -0.05) is 41.8 Å². The maximum absolute atomic E-state index is 13.5. The number of hydrogen-bond donors (Lipinski definition) is 2. The van der Waals surface area contributed by atoms with Crippen LogP contribution in [0.4, 0.5) is 11.6 Å². The molecule has 0 saturated carbocycles. The molecule has 0 radical (unpaired) electrons. The number of aromatic nitrogens is 6. The van der Waals surface area contributed by atoms with E-state index < -0.39 is 0 Å². The zero-order chi connectivity index (χ0) is 24.9. The molecule has 0 atom stereocenters. The van der Waals surface area contributed by atoms with E-state index in [4.69, 9.17) is 22.3 Å². The third-order valence-electron chi connectivity index (χ3n) is 5.31. The first-order valence-electron chi connectivity index (χ1n) is 11.0. The molecule has 0 aliphatic rings. The predicted molar refractivity (Wildman–Crippen MR) is 139 cm³/mol. The van der Waals surface area contributed by atoms with Crippen LogP contribution in [0.25, 0.3) is 16.6 Å². The van der Waals surface area contributed by atoms with Gasteiger partial charge in [-0.15, -0.1) is 0 Å². The molecule has 0 fully saturated rings. The van der Waals surface area contributed by atoms with Crippen LogP contribution in [0.2, 0.25) is 5.02 Å². The second kappa shape index (κ2) is 10.2. The number of nitrogens with two attached hydrogens (primary N) is 1. The van der Waals surface area contributed by atoms with Crippen molar-refractivity contribution in [2.45, 2.75) is 6.42 Å². The minimum Gasteiger partial charge on any atom is -0.382 e. The molecule has 36 heavy (non-hydrogen) atoms. The summed E-state index contributed by atoms with van der Waals surface area (Å²) in [6.45, 7) is 0.401. The predicted octanol–water partition coefficient (Wildman–Crippen LogP) is 3.26. The largest absolute Gasteiger partial charge is 0.382 e. The standard InChI is InChI=1S/C26H19ClN8O/c27-19-8-4-9-20-23(19)26(36)35(17-6-2-1-3-7-17)22(34-20)12-15-31-25-18(24(28)32-16-33-25)10-11-21-29-13-5-14-30-21/h1-9,13-14,16H,12,15H2,(H3,28,31,32,33). The average Bonchev–Trinajstić information content (AvgIpc) is 2.89. The highest BCUT2D eigenvalue weighted by atomic mass is 35.5. The highest BCUT2D eigenvalue weighted by Gasteiger charge is 2.15. The molecule has 0 saturated heterocycles. The molecule has 0 spiro atoms. The van der Waals surface area contributed by atoms with Gasteiger partial charge in [-0.25, -0.2) is 24.9 Å². The summed E-state index contributed by atoms with van der Waals surface area (Å²) in [4.78, 5) is 34.8. The minimum absolute atomic E-state index is 0.229. The van der Waals surface area contributed by atoms with Crippen LogP contribution in [-0.4, -0.2) is 36.0 Å². The van der Waals surface area contributed by atoms with Gasteiger partial charge in [0, 0.05) is 25.4 Å². The molecular formula is C26H19ClN8O. The van der Waals surface area contributed by atoms with Gasteiger partial charge >= 0.3 is 0 Å². The van der Waals surface area contributed by atoms with Crippen LogP contribution >= 0.6 is 11.6 Å². The van der Waals surface area contributed by atoms with Gasteiger partial charge in [-0.2, -0.15) is 0 Å². The van der Waals surface area contributed by atoms with Gasteiger partial charge in [0.1, 0.15) is 29.4 Å². The lowest BCUT2D eigenvalue weighted by Gasteiger charge is -2.15. The summed E-state index contributed by atoms with van der Waals surface area (Å²) >= 11 is 6.35. The van der Waals surface area contributed by atoms with Crippen LogP contribution in [-0.2, 0) is 6.42 Å². The Hall–Kier alpha value is -4.81. The fraction of sp³-hybridized carbons (Fsp3) is 0.0769. The van der Waals surface area contributed by atoms with E-state index in [1.165, 1.54) is 6.33 Å². The van der Waals surface area contributed by atoms with Gasteiger partial charge in [0.15, 0.2) is 0 Å². The summed E-state index contributed by atoms with van der Waals surface area (Å²) in [7, 11) is 0. The van der Waals surface area contributed by atoms with E-state index in [9.17, 15) is 4.79 Å². The summed E-state index contributed by atoms with van der Waals surface area (Å²) in [5, 5.41) is 3.98. The minimum atomic E-state index is -0.229. The van der Waals surface area contributed by atoms with Crippen LogP contribution in [0, 0.1) is 11.8 Å². The van der Waals surface area contributed by atoms with E-state index >= 15 is 0 Å². The molecule has 0 unspecified atom stereocenters. The molecule has 10 heteroatoms. The van der Waals surface area contributed by atoms with Crippen molar-refractivity contribution in [3.05, 3.63) is 106 Å². The molecule has 5 aromatic rings. The molecule has 2 aromatic carbocycles. The lowest BCUT2D eigenvalue weighted by atomic mass is 10.2. The normalized spacial score (nSPS) is 10.6. The Morgan fingerprint density at radius 3 is 2.56 bits per heavy atom. The average molecular weight is 495 g/mol. The Morgan fingerprint density at radius 1 is 0.944 bits per heavy atom. The van der Waals surface area contributed by atoms with Crippen molar-refractivity contribution in [1.29, 1.82) is 0 Å². The number of rotatable bonds is 5. The zero-order valence-corrected chi connectivity index (χ0v) is 19.6. The quantitative estimate of drug-likeness (QED) is 0.357. The van der Waals surface area contributed by atoms with Crippen molar-refractivity contribution < 1.29 is 0 Å². The summed E-state index contributed by atoms with van der Waals surface area (Å²) in [6, 6.07) is 16.3. The number of para-hydroxylation sites is 1. The summed E-state index contributed by atoms with van der Waals surface area (Å²) in [5.41, 5.74) is 7.50. The summed E-state index contributed by atoms with van der Waals surface area (Å²) < 4.78 is 1.58. The van der Waals surface area contributed by atoms with Gasteiger partial charge in [-0.3, -0.25) is 9.36 Å². The number of nitrogen functional groups attached to an aromatic ring is 1. The van der Waals surface area contributed by atoms with Crippen LogP contribution in [0.3, 0.4) is 0 Å². The van der Waals surface area contributed by atoms with E-state index in [1.54, 1.807) is 41.2 Å². The summed E-state index contributed by atoms with van der Waals surface area (Å²) in [6.07, 6.45) is 4.98. The number of nitrogens with one attached hydrogen (secondary N) is 1. The van der Waals surface area contributed by atoms with Crippen LogP contribution in [0.1, 0.15) is 17.2 Å². The van der Waals surface area contributed by atoms with Crippen molar-refractivity contribution in [3.8, 4) is 17.5 Å². The fourth-order valence-corrected chi connectivity index (χ4v) is 3.93. The zero-order valence-electron chi connectivity index (χ0n) is 18.9. The molecule has 3 heterocycles. The smallest absolute Gasteiger partial charge is 0.267 e. The lowest BCUT2D eigenvalue weighted by Crippen LogP contribution is -2.25. The topological polar surface area (TPSA) is 124 Å². The Balaban J connectivity index is 1.47. The summed E-state index contributed by atoms with van der Waals surface area (Å²) in [5.74, 6) is 7.44. The molecule has 3 aromatic heterocycles. The van der Waals surface area contributed by atoms with E-state index in [2.05, 4.69) is 37.1 Å². The highest BCUT2D eigenvalue weighted by Crippen LogP contribution is 2.21. The van der Waals surface area contributed by atoms with Gasteiger partial charge in [-0.05, 0) is 36.3 Å². The molecule has 0 bridgehead atoms.